The van der Waals surface area contributed by atoms with Crippen molar-refractivity contribution < 1.29 is 0 Å². The Morgan fingerprint density at radius 1 is 1.35 bits per heavy atom. The minimum atomic E-state index is 0.609. The number of anilines is 1. The van der Waals surface area contributed by atoms with Crippen molar-refractivity contribution in [2.24, 2.45) is 0 Å². The van der Waals surface area contributed by atoms with E-state index >= 15 is 0 Å². The Morgan fingerprint density at radius 3 is 2.59 bits per heavy atom. The molecule has 1 aliphatic rings. The maximum absolute atomic E-state index is 5.70. The average molecular weight is 234 g/mol. The first-order chi connectivity index (χ1) is 8.06. The lowest BCUT2D eigenvalue weighted by Crippen LogP contribution is -2.54. The zero-order valence-corrected chi connectivity index (χ0v) is 10.9. The molecule has 2 atom stereocenters. The van der Waals surface area contributed by atoms with Gasteiger partial charge < -0.3 is 5.73 Å². The van der Waals surface area contributed by atoms with Crippen LogP contribution in [0.15, 0.2) is 18.3 Å². The highest BCUT2D eigenvalue weighted by molar-refractivity contribution is 5.31. The van der Waals surface area contributed by atoms with E-state index in [-0.39, 0.29) is 0 Å². The SMILES string of the molecule is CC1CN(Cc2ccnc(N)c2)CC(C)N1C. The Balaban J connectivity index is 2.00. The van der Waals surface area contributed by atoms with Crippen LogP contribution in [0.25, 0.3) is 0 Å². The second kappa shape index (κ2) is 5.02. The van der Waals surface area contributed by atoms with E-state index in [4.69, 9.17) is 5.73 Å². The fourth-order valence-electron chi connectivity index (χ4n) is 2.49. The minimum Gasteiger partial charge on any atom is -0.384 e. The van der Waals surface area contributed by atoms with Gasteiger partial charge in [-0.15, -0.1) is 0 Å². The van der Waals surface area contributed by atoms with Crippen molar-refractivity contribution in [2.45, 2.75) is 32.5 Å². The smallest absolute Gasteiger partial charge is 0.123 e. The third kappa shape index (κ3) is 2.96. The van der Waals surface area contributed by atoms with Crippen LogP contribution in [0.2, 0.25) is 0 Å². The van der Waals surface area contributed by atoms with Crippen LogP contribution in [-0.2, 0) is 6.54 Å². The van der Waals surface area contributed by atoms with Gasteiger partial charge in [0.15, 0.2) is 0 Å². The van der Waals surface area contributed by atoms with Gasteiger partial charge in [-0.3, -0.25) is 9.80 Å². The quantitative estimate of drug-likeness (QED) is 0.835. The third-order valence-electron chi connectivity index (χ3n) is 3.69. The summed E-state index contributed by atoms with van der Waals surface area (Å²) in [5.41, 5.74) is 6.95. The molecule has 1 aromatic heterocycles. The topological polar surface area (TPSA) is 45.4 Å². The molecule has 0 amide bonds. The molecule has 2 heterocycles. The molecule has 4 heteroatoms. The van der Waals surface area contributed by atoms with E-state index in [1.54, 1.807) is 6.20 Å². The van der Waals surface area contributed by atoms with E-state index in [2.05, 4.69) is 35.7 Å². The molecule has 0 bridgehead atoms. The van der Waals surface area contributed by atoms with Crippen LogP contribution in [0.4, 0.5) is 5.82 Å². The van der Waals surface area contributed by atoms with E-state index in [1.807, 2.05) is 12.1 Å². The van der Waals surface area contributed by atoms with Gasteiger partial charge in [0.1, 0.15) is 5.82 Å². The van der Waals surface area contributed by atoms with Gasteiger partial charge in [0.05, 0.1) is 0 Å². The largest absolute Gasteiger partial charge is 0.384 e. The molecule has 0 spiro atoms. The zero-order valence-electron chi connectivity index (χ0n) is 10.9. The van der Waals surface area contributed by atoms with E-state index in [9.17, 15) is 0 Å². The van der Waals surface area contributed by atoms with E-state index < -0.39 is 0 Å². The fourth-order valence-corrected chi connectivity index (χ4v) is 2.49. The van der Waals surface area contributed by atoms with Crippen LogP contribution in [0.3, 0.4) is 0 Å². The Hall–Kier alpha value is -1.13. The molecule has 4 nitrogen and oxygen atoms in total. The van der Waals surface area contributed by atoms with Gasteiger partial charge in [-0.2, -0.15) is 0 Å². The minimum absolute atomic E-state index is 0.609. The molecule has 2 rings (SSSR count). The second-order valence-electron chi connectivity index (χ2n) is 5.15. The van der Waals surface area contributed by atoms with Crippen molar-refractivity contribution >= 4 is 5.82 Å². The number of nitrogen functional groups attached to an aromatic ring is 1. The summed E-state index contributed by atoms with van der Waals surface area (Å²) >= 11 is 0. The van der Waals surface area contributed by atoms with Crippen molar-refractivity contribution in [3.05, 3.63) is 23.9 Å². The number of pyridine rings is 1. The van der Waals surface area contributed by atoms with Gasteiger partial charge in [0.25, 0.3) is 0 Å². The predicted octanol–water partition coefficient (Wildman–Crippen LogP) is 1.19. The highest BCUT2D eigenvalue weighted by Crippen LogP contribution is 2.16. The van der Waals surface area contributed by atoms with Crippen molar-refractivity contribution in [1.82, 2.24) is 14.8 Å². The molecule has 94 valence electrons. The molecule has 0 aromatic carbocycles. The highest BCUT2D eigenvalue weighted by Gasteiger charge is 2.26. The predicted molar refractivity (Wildman–Crippen MR) is 70.6 cm³/mol. The van der Waals surface area contributed by atoms with Crippen molar-refractivity contribution in [3.8, 4) is 0 Å². The molecular formula is C13H22N4. The molecule has 0 aliphatic carbocycles. The van der Waals surface area contributed by atoms with Gasteiger partial charge in [-0.1, -0.05) is 0 Å². The van der Waals surface area contributed by atoms with Crippen LogP contribution in [0, 0.1) is 0 Å². The second-order valence-corrected chi connectivity index (χ2v) is 5.15. The Morgan fingerprint density at radius 2 is 2.00 bits per heavy atom. The third-order valence-corrected chi connectivity index (χ3v) is 3.69. The molecule has 2 unspecified atom stereocenters. The summed E-state index contributed by atoms with van der Waals surface area (Å²) in [5, 5.41) is 0. The van der Waals surface area contributed by atoms with E-state index in [1.165, 1.54) is 5.56 Å². The van der Waals surface area contributed by atoms with Gasteiger partial charge in [-0.05, 0) is 38.6 Å². The summed E-state index contributed by atoms with van der Waals surface area (Å²) in [7, 11) is 2.21. The number of hydrogen-bond acceptors (Lipinski definition) is 4. The summed E-state index contributed by atoms with van der Waals surface area (Å²) in [5.74, 6) is 0.609. The first-order valence-electron chi connectivity index (χ1n) is 6.21. The van der Waals surface area contributed by atoms with E-state index in [0.717, 1.165) is 19.6 Å². The molecular weight excluding hydrogens is 212 g/mol. The van der Waals surface area contributed by atoms with Crippen molar-refractivity contribution in [1.29, 1.82) is 0 Å². The Bertz CT molecular complexity index is 367. The van der Waals surface area contributed by atoms with Crippen LogP contribution in [0.5, 0.6) is 0 Å². The molecule has 1 aliphatic heterocycles. The molecule has 1 fully saturated rings. The summed E-state index contributed by atoms with van der Waals surface area (Å²) in [6.45, 7) is 7.76. The number of nitrogens with two attached hydrogens (primary N) is 1. The normalized spacial score (nSPS) is 27.2. The number of hydrogen-bond donors (Lipinski definition) is 1. The van der Waals surface area contributed by atoms with Crippen LogP contribution >= 0.6 is 0 Å². The zero-order chi connectivity index (χ0) is 12.4. The molecule has 1 saturated heterocycles. The highest BCUT2D eigenvalue weighted by atomic mass is 15.3. The summed E-state index contributed by atoms with van der Waals surface area (Å²) in [4.78, 5) is 8.96. The van der Waals surface area contributed by atoms with E-state index in [0.29, 0.717) is 17.9 Å². The summed E-state index contributed by atoms with van der Waals surface area (Å²) in [6, 6.07) is 5.23. The van der Waals surface area contributed by atoms with Crippen molar-refractivity contribution in [3.63, 3.8) is 0 Å². The Kier molecular flexibility index (Phi) is 3.64. The van der Waals surface area contributed by atoms with Crippen LogP contribution < -0.4 is 5.73 Å². The monoisotopic (exact) mass is 234 g/mol. The lowest BCUT2D eigenvalue weighted by atomic mass is 10.1. The van der Waals surface area contributed by atoms with Gasteiger partial charge >= 0.3 is 0 Å². The number of rotatable bonds is 2. The summed E-state index contributed by atoms with van der Waals surface area (Å²) in [6.07, 6.45) is 1.79. The molecule has 17 heavy (non-hydrogen) atoms. The summed E-state index contributed by atoms with van der Waals surface area (Å²) < 4.78 is 0. The first kappa shape index (κ1) is 12.3. The van der Waals surface area contributed by atoms with Gasteiger partial charge in [0, 0.05) is 37.9 Å². The Labute approximate surface area is 103 Å². The lowest BCUT2D eigenvalue weighted by Gasteiger charge is -2.42. The maximum atomic E-state index is 5.70. The van der Waals surface area contributed by atoms with Crippen molar-refractivity contribution in [2.75, 3.05) is 25.9 Å². The average Bonchev–Trinajstić information content (AvgIpc) is 2.26. The molecule has 2 N–H and O–H groups in total. The molecule has 0 radical (unpaired) electrons. The first-order valence-corrected chi connectivity index (χ1v) is 6.21. The van der Waals surface area contributed by atoms with Gasteiger partial charge in [-0.25, -0.2) is 4.98 Å². The number of aromatic nitrogens is 1. The maximum Gasteiger partial charge on any atom is 0.123 e. The fraction of sp³-hybridized carbons (Fsp3) is 0.615. The number of nitrogens with zero attached hydrogens (tertiary/aromatic N) is 3. The molecule has 0 saturated carbocycles. The van der Waals surface area contributed by atoms with Crippen LogP contribution in [-0.4, -0.2) is 47.0 Å². The number of likely N-dealkylation sites (N-methyl/N-ethyl adjacent to an activating group) is 1. The standard InChI is InChI=1S/C13H22N4/c1-10-7-17(8-11(2)16(10)3)9-12-4-5-15-13(14)6-12/h4-6,10-11H,7-9H2,1-3H3,(H2,14,15). The lowest BCUT2D eigenvalue weighted by molar-refractivity contribution is 0.0556. The number of piperazine rings is 1. The van der Waals surface area contributed by atoms with Gasteiger partial charge in [0.2, 0.25) is 0 Å². The molecule has 1 aromatic rings. The van der Waals surface area contributed by atoms with Crippen LogP contribution in [0.1, 0.15) is 19.4 Å².